The summed E-state index contributed by atoms with van der Waals surface area (Å²) < 4.78 is 11.6. The number of ether oxygens (including phenoxy) is 2. The second-order valence-electron chi connectivity index (χ2n) is 4.30. The molecule has 0 N–H and O–H groups in total. The predicted molar refractivity (Wildman–Crippen MR) is 51.4 cm³/mol. The molecule has 2 heteroatoms. The van der Waals surface area contributed by atoms with Crippen LogP contribution in [0, 0.1) is 5.92 Å². The molecule has 13 heavy (non-hydrogen) atoms. The topological polar surface area (TPSA) is 18.5 Å². The van der Waals surface area contributed by atoms with Gasteiger partial charge in [-0.3, -0.25) is 0 Å². The lowest BCUT2D eigenvalue weighted by molar-refractivity contribution is -0.231. The second-order valence-corrected chi connectivity index (χ2v) is 4.30. The summed E-state index contributed by atoms with van der Waals surface area (Å²) >= 11 is 0. The zero-order valence-electron chi connectivity index (χ0n) is 8.45. The molecular formula is C11H18O2. The van der Waals surface area contributed by atoms with Crippen molar-refractivity contribution in [1.29, 1.82) is 0 Å². The molecule has 1 saturated heterocycles. The summed E-state index contributed by atoms with van der Waals surface area (Å²) in [6.45, 7) is 5.20. The first-order valence-electron chi connectivity index (χ1n) is 5.23. The highest BCUT2D eigenvalue weighted by atomic mass is 16.7. The van der Waals surface area contributed by atoms with E-state index in [0.717, 1.165) is 13.0 Å². The van der Waals surface area contributed by atoms with Gasteiger partial charge in [0.05, 0.1) is 12.7 Å². The average molecular weight is 182 g/mol. The lowest BCUT2D eigenvalue weighted by Gasteiger charge is -2.33. The summed E-state index contributed by atoms with van der Waals surface area (Å²) in [6, 6.07) is 0. The van der Waals surface area contributed by atoms with Crippen molar-refractivity contribution in [2.75, 3.05) is 6.61 Å². The molecule has 2 atom stereocenters. The first-order valence-corrected chi connectivity index (χ1v) is 5.23. The summed E-state index contributed by atoms with van der Waals surface area (Å²) in [5, 5.41) is 0. The summed E-state index contributed by atoms with van der Waals surface area (Å²) in [5.74, 6) is 0.189. The number of hydrogen-bond acceptors (Lipinski definition) is 2. The van der Waals surface area contributed by atoms with Crippen LogP contribution in [0.15, 0.2) is 12.2 Å². The van der Waals surface area contributed by atoms with Gasteiger partial charge < -0.3 is 9.47 Å². The monoisotopic (exact) mass is 182 g/mol. The Labute approximate surface area is 79.9 Å². The first kappa shape index (κ1) is 9.22. The molecule has 0 aromatic heterocycles. The Morgan fingerprint density at radius 3 is 2.77 bits per heavy atom. The molecule has 0 radical (unpaired) electrons. The van der Waals surface area contributed by atoms with E-state index in [1.165, 1.54) is 12.8 Å². The van der Waals surface area contributed by atoms with Crippen molar-refractivity contribution in [3.8, 4) is 0 Å². The molecule has 0 aliphatic carbocycles. The van der Waals surface area contributed by atoms with Gasteiger partial charge in [0, 0.05) is 6.42 Å². The van der Waals surface area contributed by atoms with E-state index >= 15 is 0 Å². The summed E-state index contributed by atoms with van der Waals surface area (Å²) in [7, 11) is 0. The van der Waals surface area contributed by atoms with Crippen molar-refractivity contribution in [3.63, 3.8) is 0 Å². The largest absolute Gasteiger partial charge is 0.346 e. The van der Waals surface area contributed by atoms with Gasteiger partial charge in [0.1, 0.15) is 0 Å². The van der Waals surface area contributed by atoms with E-state index in [1.54, 1.807) is 0 Å². The maximum absolute atomic E-state index is 5.92. The molecule has 1 spiro atoms. The van der Waals surface area contributed by atoms with E-state index in [2.05, 4.69) is 26.0 Å². The molecule has 2 rings (SSSR count). The molecular weight excluding hydrogens is 164 g/mol. The van der Waals surface area contributed by atoms with Gasteiger partial charge in [-0.25, -0.2) is 0 Å². The molecule has 2 aliphatic rings. The number of hydrogen-bond donors (Lipinski definition) is 0. The van der Waals surface area contributed by atoms with Crippen molar-refractivity contribution in [2.45, 2.75) is 45.0 Å². The van der Waals surface area contributed by atoms with Crippen LogP contribution in [0.3, 0.4) is 0 Å². The molecule has 2 aliphatic heterocycles. The lowest BCUT2D eigenvalue weighted by atomic mass is 10.1. The minimum atomic E-state index is -0.354. The average Bonchev–Trinajstić information content (AvgIpc) is 2.51. The summed E-state index contributed by atoms with van der Waals surface area (Å²) in [4.78, 5) is 0. The minimum absolute atomic E-state index is 0.248. The van der Waals surface area contributed by atoms with Crippen molar-refractivity contribution < 1.29 is 9.47 Å². The Morgan fingerprint density at radius 2 is 2.23 bits per heavy atom. The molecule has 74 valence electrons. The molecule has 1 fully saturated rings. The second kappa shape index (κ2) is 3.43. The van der Waals surface area contributed by atoms with Crippen LogP contribution in [0.25, 0.3) is 0 Å². The molecule has 0 saturated carbocycles. The van der Waals surface area contributed by atoms with Crippen LogP contribution in [-0.4, -0.2) is 18.5 Å². The maximum atomic E-state index is 5.92. The SMILES string of the molecule is CC(C)C1C=C[C@@]2(CCCCO2)O1. The van der Waals surface area contributed by atoms with E-state index in [1.807, 2.05) is 0 Å². The Bertz CT molecular complexity index is 202. The van der Waals surface area contributed by atoms with Crippen molar-refractivity contribution in [1.82, 2.24) is 0 Å². The van der Waals surface area contributed by atoms with Gasteiger partial charge in [0.15, 0.2) is 5.79 Å². The molecule has 2 nitrogen and oxygen atoms in total. The Morgan fingerprint density at radius 1 is 1.38 bits per heavy atom. The van der Waals surface area contributed by atoms with Crippen molar-refractivity contribution in [2.24, 2.45) is 5.92 Å². The van der Waals surface area contributed by atoms with Crippen LogP contribution < -0.4 is 0 Å². The summed E-state index contributed by atoms with van der Waals surface area (Å²) in [5.41, 5.74) is 0. The fourth-order valence-corrected chi connectivity index (χ4v) is 1.92. The number of rotatable bonds is 1. The van der Waals surface area contributed by atoms with Crippen LogP contribution in [0.1, 0.15) is 33.1 Å². The van der Waals surface area contributed by atoms with Crippen molar-refractivity contribution in [3.05, 3.63) is 12.2 Å². The molecule has 1 unspecified atom stereocenters. The van der Waals surface area contributed by atoms with Gasteiger partial charge in [-0.1, -0.05) is 19.9 Å². The van der Waals surface area contributed by atoms with Gasteiger partial charge in [0.2, 0.25) is 0 Å². The van der Waals surface area contributed by atoms with Crippen molar-refractivity contribution >= 4 is 0 Å². The standard InChI is InChI=1S/C11H18O2/c1-9(2)10-5-7-11(13-10)6-3-4-8-12-11/h5,7,9-10H,3-4,6,8H2,1-2H3/t10?,11-/m1/s1. The molecule has 0 aromatic carbocycles. The van der Waals surface area contributed by atoms with Crippen LogP contribution in [0.2, 0.25) is 0 Å². The van der Waals surface area contributed by atoms with E-state index in [0.29, 0.717) is 5.92 Å². The zero-order valence-corrected chi connectivity index (χ0v) is 8.45. The van der Waals surface area contributed by atoms with Gasteiger partial charge in [0.25, 0.3) is 0 Å². The van der Waals surface area contributed by atoms with Gasteiger partial charge in [-0.05, 0) is 24.8 Å². The Hall–Kier alpha value is -0.340. The van der Waals surface area contributed by atoms with E-state index in [4.69, 9.17) is 9.47 Å². The minimum Gasteiger partial charge on any atom is -0.346 e. The van der Waals surface area contributed by atoms with E-state index in [-0.39, 0.29) is 11.9 Å². The van der Waals surface area contributed by atoms with E-state index < -0.39 is 0 Å². The third kappa shape index (κ3) is 1.79. The van der Waals surface area contributed by atoms with Crippen LogP contribution in [-0.2, 0) is 9.47 Å². The highest BCUT2D eigenvalue weighted by molar-refractivity contribution is 5.08. The predicted octanol–water partition coefficient (Wildman–Crippen LogP) is 2.49. The third-order valence-corrected chi connectivity index (χ3v) is 2.80. The molecule has 2 heterocycles. The quantitative estimate of drug-likeness (QED) is 0.580. The third-order valence-electron chi connectivity index (χ3n) is 2.80. The zero-order chi connectivity index (χ0) is 9.31. The lowest BCUT2D eigenvalue weighted by Crippen LogP contribution is -2.37. The normalized spacial score (nSPS) is 39.2. The fourth-order valence-electron chi connectivity index (χ4n) is 1.92. The smallest absolute Gasteiger partial charge is 0.188 e. The van der Waals surface area contributed by atoms with Crippen LogP contribution in [0.5, 0.6) is 0 Å². The molecule has 0 aromatic rings. The molecule has 0 amide bonds. The highest BCUT2D eigenvalue weighted by Gasteiger charge is 2.38. The van der Waals surface area contributed by atoms with Crippen LogP contribution in [0.4, 0.5) is 0 Å². The maximum Gasteiger partial charge on any atom is 0.188 e. The highest BCUT2D eigenvalue weighted by Crippen LogP contribution is 2.35. The Balaban J connectivity index is 2.00. The van der Waals surface area contributed by atoms with Gasteiger partial charge in [-0.15, -0.1) is 0 Å². The summed E-state index contributed by atoms with van der Waals surface area (Å²) in [6.07, 6.45) is 7.91. The first-order chi connectivity index (χ1) is 6.22. The van der Waals surface area contributed by atoms with Crippen LogP contribution >= 0.6 is 0 Å². The van der Waals surface area contributed by atoms with Gasteiger partial charge in [-0.2, -0.15) is 0 Å². The Kier molecular flexibility index (Phi) is 2.43. The van der Waals surface area contributed by atoms with E-state index in [9.17, 15) is 0 Å². The fraction of sp³-hybridized carbons (Fsp3) is 0.818. The molecule has 0 bridgehead atoms. The van der Waals surface area contributed by atoms with Gasteiger partial charge >= 0.3 is 0 Å².